The highest BCUT2D eigenvalue weighted by atomic mass is 19.4. The van der Waals surface area contributed by atoms with Crippen molar-refractivity contribution in [2.45, 2.75) is 44.8 Å². The van der Waals surface area contributed by atoms with Crippen LogP contribution in [0, 0.1) is 5.92 Å². The van der Waals surface area contributed by atoms with Gasteiger partial charge in [0.25, 0.3) is 0 Å². The number of carbonyl (C=O) groups is 1. The lowest BCUT2D eigenvalue weighted by Crippen LogP contribution is -2.43. The molecule has 116 valence electrons. The lowest BCUT2D eigenvalue weighted by Gasteiger charge is -2.29. The second-order valence-electron chi connectivity index (χ2n) is 5.54. The summed E-state index contributed by atoms with van der Waals surface area (Å²) in [7, 11) is 0. The van der Waals surface area contributed by atoms with Crippen LogP contribution in [0.4, 0.5) is 23.7 Å². The van der Waals surface area contributed by atoms with Crippen LogP contribution < -0.4 is 10.6 Å². The molecular weight excluding hydrogens is 281 g/mol. The highest BCUT2D eigenvalue weighted by Gasteiger charge is 2.30. The Morgan fingerprint density at radius 2 is 1.76 bits per heavy atom. The van der Waals surface area contributed by atoms with Crippen LogP contribution in [0.2, 0.25) is 0 Å². The summed E-state index contributed by atoms with van der Waals surface area (Å²) in [5.41, 5.74) is -0.377. The van der Waals surface area contributed by atoms with Gasteiger partial charge in [0.15, 0.2) is 0 Å². The molecule has 0 spiro atoms. The zero-order valence-electron chi connectivity index (χ0n) is 11.8. The minimum Gasteiger partial charge on any atom is -0.335 e. The molecule has 2 N–H and O–H groups in total. The van der Waals surface area contributed by atoms with Crippen molar-refractivity contribution in [3.05, 3.63) is 29.8 Å². The number of rotatable bonds is 2. The summed E-state index contributed by atoms with van der Waals surface area (Å²) in [6.07, 6.45) is -0.0550. The van der Waals surface area contributed by atoms with Crippen molar-refractivity contribution < 1.29 is 18.0 Å². The van der Waals surface area contributed by atoms with Gasteiger partial charge in [-0.05, 0) is 43.0 Å². The lowest BCUT2D eigenvalue weighted by molar-refractivity contribution is -0.137. The molecule has 0 radical (unpaired) electrons. The summed E-state index contributed by atoms with van der Waals surface area (Å²) in [6, 6.07) is 4.19. The van der Waals surface area contributed by atoms with E-state index in [1.807, 2.05) is 0 Å². The first-order valence-corrected chi connectivity index (χ1v) is 7.11. The predicted octanol–water partition coefficient (Wildman–Crippen LogP) is 4.41. The van der Waals surface area contributed by atoms with E-state index in [1.165, 1.54) is 18.6 Å². The highest BCUT2D eigenvalue weighted by molar-refractivity contribution is 5.89. The maximum Gasteiger partial charge on any atom is 0.416 e. The number of carbonyl (C=O) groups excluding carboxylic acids is 1. The Hall–Kier alpha value is -1.72. The number of urea groups is 1. The predicted molar refractivity (Wildman–Crippen MR) is 75.0 cm³/mol. The average molecular weight is 300 g/mol. The van der Waals surface area contributed by atoms with Crippen molar-refractivity contribution in [3.8, 4) is 0 Å². The van der Waals surface area contributed by atoms with Gasteiger partial charge >= 0.3 is 12.2 Å². The van der Waals surface area contributed by atoms with Gasteiger partial charge in [-0.1, -0.05) is 19.8 Å². The normalized spacial score (nSPS) is 22.7. The van der Waals surface area contributed by atoms with Crippen molar-refractivity contribution in [1.82, 2.24) is 5.32 Å². The molecule has 21 heavy (non-hydrogen) atoms. The van der Waals surface area contributed by atoms with E-state index in [9.17, 15) is 18.0 Å². The van der Waals surface area contributed by atoms with Crippen molar-refractivity contribution in [2.75, 3.05) is 5.32 Å². The third-order valence-corrected chi connectivity index (χ3v) is 3.90. The van der Waals surface area contributed by atoms with Crippen molar-refractivity contribution >= 4 is 11.7 Å². The zero-order chi connectivity index (χ0) is 15.5. The number of amides is 2. The molecule has 0 aromatic heterocycles. The summed E-state index contributed by atoms with van der Waals surface area (Å²) >= 11 is 0. The number of anilines is 1. The summed E-state index contributed by atoms with van der Waals surface area (Å²) in [5, 5.41) is 5.46. The minimum atomic E-state index is -4.36. The van der Waals surface area contributed by atoms with Gasteiger partial charge in [0.1, 0.15) is 0 Å². The molecule has 1 aliphatic rings. The first-order chi connectivity index (χ1) is 9.86. The van der Waals surface area contributed by atoms with Gasteiger partial charge in [-0.3, -0.25) is 0 Å². The second-order valence-corrected chi connectivity index (χ2v) is 5.54. The number of benzene rings is 1. The molecule has 1 aliphatic carbocycles. The molecule has 1 aromatic rings. The second kappa shape index (κ2) is 6.37. The van der Waals surface area contributed by atoms with Crippen LogP contribution in [0.5, 0.6) is 0 Å². The molecule has 0 heterocycles. The van der Waals surface area contributed by atoms with E-state index < -0.39 is 11.7 Å². The first-order valence-electron chi connectivity index (χ1n) is 7.11. The standard InChI is InChI=1S/C15H19F3N2O/c1-10-4-2-3-5-13(10)20-14(21)19-12-8-6-11(7-9-12)15(16,17)18/h6-10,13H,2-5H2,1H3,(H2,19,20,21). The van der Waals surface area contributed by atoms with Crippen molar-refractivity contribution in [3.63, 3.8) is 0 Å². The van der Waals surface area contributed by atoms with E-state index >= 15 is 0 Å². The van der Waals surface area contributed by atoms with E-state index in [1.54, 1.807) is 0 Å². The van der Waals surface area contributed by atoms with Crippen molar-refractivity contribution in [1.29, 1.82) is 0 Å². The Kier molecular flexibility index (Phi) is 4.75. The largest absolute Gasteiger partial charge is 0.416 e. The average Bonchev–Trinajstić information content (AvgIpc) is 2.41. The molecule has 1 aromatic carbocycles. The molecule has 3 nitrogen and oxygen atoms in total. The summed E-state index contributed by atoms with van der Waals surface area (Å²) in [5.74, 6) is 0.428. The molecular formula is C15H19F3N2O. The summed E-state index contributed by atoms with van der Waals surface area (Å²) < 4.78 is 37.3. The van der Waals surface area contributed by atoms with Gasteiger partial charge in [-0.25, -0.2) is 4.79 Å². The van der Waals surface area contributed by atoms with Crippen LogP contribution in [0.25, 0.3) is 0 Å². The van der Waals surface area contributed by atoms with Crippen molar-refractivity contribution in [2.24, 2.45) is 5.92 Å². The molecule has 2 rings (SSSR count). The fourth-order valence-corrected chi connectivity index (χ4v) is 2.61. The Morgan fingerprint density at radius 1 is 1.14 bits per heavy atom. The molecule has 0 aliphatic heterocycles. The smallest absolute Gasteiger partial charge is 0.335 e. The maximum atomic E-state index is 12.4. The molecule has 0 bridgehead atoms. The van der Waals surface area contributed by atoms with E-state index in [2.05, 4.69) is 17.6 Å². The Balaban J connectivity index is 1.90. The number of alkyl halides is 3. The maximum absolute atomic E-state index is 12.4. The van der Waals surface area contributed by atoms with Gasteiger partial charge in [0, 0.05) is 11.7 Å². The van der Waals surface area contributed by atoms with Gasteiger partial charge in [0.2, 0.25) is 0 Å². The Morgan fingerprint density at radius 3 is 2.33 bits per heavy atom. The Labute approximate surface area is 121 Å². The summed E-state index contributed by atoms with van der Waals surface area (Å²) in [4.78, 5) is 11.9. The number of hydrogen-bond acceptors (Lipinski definition) is 1. The van der Waals surface area contributed by atoms with Crippen LogP contribution in [0.3, 0.4) is 0 Å². The SMILES string of the molecule is CC1CCCCC1NC(=O)Nc1ccc(C(F)(F)F)cc1. The van der Waals surface area contributed by atoms with Gasteiger partial charge < -0.3 is 10.6 Å². The van der Waals surface area contributed by atoms with Gasteiger partial charge in [-0.2, -0.15) is 13.2 Å². The lowest BCUT2D eigenvalue weighted by atomic mass is 9.86. The van der Waals surface area contributed by atoms with E-state index in [0.29, 0.717) is 11.6 Å². The molecule has 1 saturated carbocycles. The third-order valence-electron chi connectivity index (χ3n) is 3.90. The zero-order valence-corrected chi connectivity index (χ0v) is 11.8. The molecule has 1 fully saturated rings. The third kappa shape index (κ3) is 4.37. The van der Waals surface area contributed by atoms with Gasteiger partial charge in [-0.15, -0.1) is 0 Å². The van der Waals surface area contributed by atoms with Gasteiger partial charge in [0.05, 0.1) is 5.56 Å². The molecule has 0 saturated heterocycles. The van der Waals surface area contributed by atoms with Crippen LogP contribution in [0.1, 0.15) is 38.2 Å². The monoisotopic (exact) mass is 300 g/mol. The number of hydrogen-bond donors (Lipinski definition) is 2. The van der Waals surface area contributed by atoms with E-state index in [-0.39, 0.29) is 12.1 Å². The highest BCUT2D eigenvalue weighted by Crippen LogP contribution is 2.30. The number of halogens is 3. The molecule has 2 unspecified atom stereocenters. The van der Waals surface area contributed by atoms with Crippen LogP contribution >= 0.6 is 0 Å². The van der Waals surface area contributed by atoms with E-state index in [4.69, 9.17) is 0 Å². The van der Waals surface area contributed by atoms with E-state index in [0.717, 1.165) is 31.4 Å². The Bertz CT molecular complexity index is 485. The minimum absolute atomic E-state index is 0.133. The number of nitrogens with one attached hydrogen (secondary N) is 2. The first kappa shape index (κ1) is 15.7. The fraction of sp³-hybridized carbons (Fsp3) is 0.533. The molecule has 2 amide bonds. The molecule has 2 atom stereocenters. The topological polar surface area (TPSA) is 41.1 Å². The van der Waals surface area contributed by atoms with Crippen LogP contribution in [0.15, 0.2) is 24.3 Å². The molecule has 6 heteroatoms. The summed E-state index contributed by atoms with van der Waals surface area (Å²) in [6.45, 7) is 2.10. The van der Waals surface area contributed by atoms with Crippen LogP contribution in [-0.4, -0.2) is 12.1 Å². The fourth-order valence-electron chi connectivity index (χ4n) is 2.61. The van der Waals surface area contributed by atoms with Crippen LogP contribution in [-0.2, 0) is 6.18 Å². The quantitative estimate of drug-likeness (QED) is 0.834.